The summed E-state index contributed by atoms with van der Waals surface area (Å²) in [5, 5.41) is 5.73. The average molecular weight is 327 g/mol. The van der Waals surface area contributed by atoms with Crippen LogP contribution in [0.3, 0.4) is 0 Å². The van der Waals surface area contributed by atoms with Gasteiger partial charge in [0.2, 0.25) is 0 Å². The molecule has 0 bridgehead atoms. The first-order chi connectivity index (χ1) is 11.0. The minimum atomic E-state index is -0.428. The van der Waals surface area contributed by atoms with Crippen LogP contribution in [-0.2, 0) is 0 Å². The van der Waals surface area contributed by atoms with E-state index in [1.165, 1.54) is 6.07 Å². The fourth-order valence-corrected chi connectivity index (χ4v) is 2.73. The van der Waals surface area contributed by atoms with Crippen molar-refractivity contribution in [3.05, 3.63) is 64.0 Å². The molecule has 0 saturated carbocycles. The van der Waals surface area contributed by atoms with Gasteiger partial charge in [0.1, 0.15) is 11.5 Å². The summed E-state index contributed by atoms with van der Waals surface area (Å²) < 4.78 is 13.2. The third kappa shape index (κ3) is 3.43. The second-order valence-electron chi connectivity index (χ2n) is 5.11. The zero-order valence-corrected chi connectivity index (χ0v) is 13.4. The van der Waals surface area contributed by atoms with Crippen LogP contribution < -0.4 is 5.32 Å². The van der Waals surface area contributed by atoms with Gasteiger partial charge in [-0.05, 0) is 37.6 Å². The molecule has 0 spiro atoms. The lowest BCUT2D eigenvalue weighted by Crippen LogP contribution is -2.14. The summed E-state index contributed by atoms with van der Waals surface area (Å²) in [4.78, 5) is 20.5. The van der Waals surface area contributed by atoms with Gasteiger partial charge in [-0.3, -0.25) is 4.79 Å². The molecule has 3 rings (SSSR count). The van der Waals surface area contributed by atoms with Gasteiger partial charge in [0, 0.05) is 16.6 Å². The minimum absolute atomic E-state index is 0.179. The molecule has 0 radical (unpaired) electrons. The van der Waals surface area contributed by atoms with Crippen molar-refractivity contribution in [1.29, 1.82) is 0 Å². The van der Waals surface area contributed by atoms with Crippen molar-refractivity contribution < 1.29 is 9.18 Å². The van der Waals surface area contributed by atoms with Gasteiger partial charge in [-0.25, -0.2) is 14.4 Å². The Hall–Kier alpha value is -2.60. The van der Waals surface area contributed by atoms with Gasteiger partial charge in [0.05, 0.1) is 16.9 Å². The lowest BCUT2D eigenvalue weighted by atomic mass is 10.1. The Morgan fingerprint density at radius 3 is 2.78 bits per heavy atom. The molecule has 2 heterocycles. The number of thiazole rings is 1. The van der Waals surface area contributed by atoms with E-state index in [0.29, 0.717) is 11.3 Å². The first-order valence-corrected chi connectivity index (χ1v) is 7.87. The molecule has 23 heavy (non-hydrogen) atoms. The molecule has 1 amide bonds. The number of amides is 1. The molecule has 2 aromatic heterocycles. The number of nitrogens with zero attached hydrogens (tertiary/aromatic N) is 2. The molecule has 0 unspecified atom stereocenters. The second-order valence-corrected chi connectivity index (χ2v) is 6.17. The molecule has 4 nitrogen and oxygen atoms in total. The van der Waals surface area contributed by atoms with E-state index in [9.17, 15) is 9.18 Å². The Kier molecular flexibility index (Phi) is 4.16. The summed E-state index contributed by atoms with van der Waals surface area (Å²) in [6.45, 7) is 3.54. The highest BCUT2D eigenvalue weighted by Gasteiger charge is 2.11. The zero-order valence-electron chi connectivity index (χ0n) is 12.6. The maximum absolute atomic E-state index is 13.2. The molecular weight excluding hydrogens is 313 g/mol. The molecule has 0 fully saturated rings. The van der Waals surface area contributed by atoms with Crippen LogP contribution >= 0.6 is 11.3 Å². The summed E-state index contributed by atoms with van der Waals surface area (Å²) in [6.07, 6.45) is 1.05. The van der Waals surface area contributed by atoms with Gasteiger partial charge in [0.15, 0.2) is 0 Å². The zero-order chi connectivity index (χ0) is 16.4. The number of carbonyl (C=O) groups excluding carboxylic acids is 1. The largest absolute Gasteiger partial charge is 0.321 e. The number of anilines is 1. The highest BCUT2D eigenvalue weighted by molar-refractivity contribution is 7.09. The highest BCUT2D eigenvalue weighted by atomic mass is 32.1. The van der Waals surface area contributed by atoms with Gasteiger partial charge >= 0.3 is 0 Å². The van der Waals surface area contributed by atoms with Crippen molar-refractivity contribution in [3.8, 4) is 11.3 Å². The van der Waals surface area contributed by atoms with Gasteiger partial charge in [-0.2, -0.15) is 0 Å². The van der Waals surface area contributed by atoms with E-state index >= 15 is 0 Å². The number of benzene rings is 1. The van der Waals surface area contributed by atoms with E-state index in [1.54, 1.807) is 24.3 Å². The number of rotatable bonds is 3. The molecule has 1 aromatic carbocycles. The normalized spacial score (nSPS) is 10.6. The van der Waals surface area contributed by atoms with Crippen molar-refractivity contribution in [2.45, 2.75) is 13.8 Å². The summed E-state index contributed by atoms with van der Waals surface area (Å²) in [5.41, 5.74) is 3.01. The van der Waals surface area contributed by atoms with Crippen LogP contribution in [0.25, 0.3) is 11.3 Å². The summed E-state index contributed by atoms with van der Waals surface area (Å²) in [5.74, 6) is -0.804. The molecule has 0 saturated heterocycles. The van der Waals surface area contributed by atoms with Crippen LogP contribution in [0.5, 0.6) is 0 Å². The number of aromatic nitrogens is 2. The Bertz CT molecular complexity index is 876. The quantitative estimate of drug-likeness (QED) is 0.784. The fraction of sp³-hybridized carbons (Fsp3) is 0.118. The van der Waals surface area contributed by atoms with Crippen LogP contribution in [0.1, 0.15) is 21.1 Å². The minimum Gasteiger partial charge on any atom is -0.321 e. The van der Waals surface area contributed by atoms with Crippen LogP contribution in [0.4, 0.5) is 10.1 Å². The monoisotopic (exact) mass is 327 g/mol. The third-order valence-corrected chi connectivity index (χ3v) is 4.09. The van der Waals surface area contributed by atoms with Crippen LogP contribution in [0.15, 0.2) is 41.9 Å². The van der Waals surface area contributed by atoms with Crippen molar-refractivity contribution in [1.82, 2.24) is 9.97 Å². The maximum Gasteiger partial charge on any atom is 0.274 e. The molecule has 0 aliphatic heterocycles. The van der Waals surface area contributed by atoms with E-state index in [0.717, 1.165) is 22.5 Å². The Balaban J connectivity index is 1.82. The van der Waals surface area contributed by atoms with E-state index < -0.39 is 5.82 Å². The van der Waals surface area contributed by atoms with Crippen LogP contribution in [0.2, 0.25) is 0 Å². The first-order valence-electron chi connectivity index (χ1n) is 6.99. The van der Waals surface area contributed by atoms with Crippen molar-refractivity contribution in [2.75, 3.05) is 5.32 Å². The van der Waals surface area contributed by atoms with E-state index in [2.05, 4.69) is 15.3 Å². The highest BCUT2D eigenvalue weighted by Crippen LogP contribution is 2.24. The standard InChI is InChI=1S/C17H14FN3OS/c1-10-6-15(19-8-14(10)18)17(22)21-13-5-3-4-12(7-13)16-9-23-11(2)20-16/h3-9H,1-2H3,(H,21,22). The smallest absolute Gasteiger partial charge is 0.274 e. The van der Waals surface area contributed by atoms with Crippen molar-refractivity contribution in [2.24, 2.45) is 0 Å². The number of nitrogens with one attached hydrogen (secondary N) is 1. The lowest BCUT2D eigenvalue weighted by molar-refractivity contribution is 0.102. The molecule has 116 valence electrons. The number of aryl methyl sites for hydroxylation is 2. The number of halogens is 1. The average Bonchev–Trinajstić information content (AvgIpc) is 2.97. The number of carbonyl (C=O) groups is 1. The van der Waals surface area contributed by atoms with Gasteiger partial charge in [0.25, 0.3) is 5.91 Å². The van der Waals surface area contributed by atoms with Crippen LogP contribution in [-0.4, -0.2) is 15.9 Å². The summed E-state index contributed by atoms with van der Waals surface area (Å²) in [7, 11) is 0. The van der Waals surface area contributed by atoms with Crippen molar-refractivity contribution in [3.63, 3.8) is 0 Å². The Morgan fingerprint density at radius 2 is 2.09 bits per heavy atom. The molecular formula is C17H14FN3OS. The number of pyridine rings is 1. The predicted octanol–water partition coefficient (Wildman–Crippen LogP) is 4.21. The fourth-order valence-electron chi connectivity index (χ4n) is 2.11. The topological polar surface area (TPSA) is 54.9 Å². The summed E-state index contributed by atoms with van der Waals surface area (Å²) in [6, 6.07) is 8.85. The SMILES string of the molecule is Cc1nc(-c2cccc(NC(=O)c3cc(C)c(F)cn3)c2)cs1. The molecule has 1 N–H and O–H groups in total. The molecule has 0 aliphatic rings. The van der Waals surface area contributed by atoms with Gasteiger partial charge in [-0.1, -0.05) is 12.1 Å². The number of hydrogen-bond acceptors (Lipinski definition) is 4. The molecule has 0 aliphatic carbocycles. The van der Waals surface area contributed by atoms with Crippen LogP contribution in [0, 0.1) is 19.7 Å². The van der Waals surface area contributed by atoms with Gasteiger partial charge < -0.3 is 5.32 Å². The second kappa shape index (κ2) is 6.26. The van der Waals surface area contributed by atoms with E-state index in [-0.39, 0.29) is 11.6 Å². The summed E-state index contributed by atoms with van der Waals surface area (Å²) >= 11 is 1.57. The van der Waals surface area contributed by atoms with E-state index in [4.69, 9.17) is 0 Å². The van der Waals surface area contributed by atoms with E-state index in [1.807, 2.05) is 30.5 Å². The number of hydrogen-bond donors (Lipinski definition) is 1. The lowest BCUT2D eigenvalue weighted by Gasteiger charge is -2.07. The maximum atomic E-state index is 13.2. The molecule has 3 aromatic rings. The Morgan fingerprint density at radius 1 is 1.26 bits per heavy atom. The third-order valence-electron chi connectivity index (χ3n) is 3.31. The van der Waals surface area contributed by atoms with Gasteiger partial charge in [-0.15, -0.1) is 11.3 Å². The molecule has 6 heteroatoms. The Labute approximate surface area is 137 Å². The predicted molar refractivity (Wildman–Crippen MR) is 89.2 cm³/mol. The first kappa shape index (κ1) is 15.3. The van der Waals surface area contributed by atoms with Crippen molar-refractivity contribution >= 4 is 22.9 Å². The molecule has 0 atom stereocenters.